The van der Waals surface area contributed by atoms with Crippen molar-refractivity contribution in [2.24, 2.45) is 0 Å². The van der Waals surface area contributed by atoms with Gasteiger partial charge in [-0.05, 0) is 51.0 Å². The molecule has 0 bridgehead atoms. The van der Waals surface area contributed by atoms with Crippen LogP contribution in [0.25, 0.3) is 0 Å². The minimum atomic E-state index is -0.257. The van der Waals surface area contributed by atoms with E-state index in [-0.39, 0.29) is 6.03 Å². The van der Waals surface area contributed by atoms with Crippen molar-refractivity contribution in [2.45, 2.75) is 46.0 Å². The normalized spacial score (nSPS) is 10.9. The van der Waals surface area contributed by atoms with Crippen LogP contribution in [0.5, 0.6) is 0 Å². The van der Waals surface area contributed by atoms with Gasteiger partial charge in [-0.15, -0.1) is 0 Å². The summed E-state index contributed by atoms with van der Waals surface area (Å²) in [5.41, 5.74) is 0.522. The predicted molar refractivity (Wildman–Crippen MR) is 104 cm³/mol. The topological polar surface area (TPSA) is 44.4 Å². The van der Waals surface area contributed by atoms with Gasteiger partial charge < -0.3 is 15.5 Å². The van der Waals surface area contributed by atoms with Crippen molar-refractivity contribution in [3.05, 3.63) is 28.2 Å². The molecule has 1 rings (SSSR count). The molecular formula is C18H29Cl2N3O. The summed E-state index contributed by atoms with van der Waals surface area (Å²) >= 11 is 12.0. The van der Waals surface area contributed by atoms with Gasteiger partial charge in [-0.25, -0.2) is 4.79 Å². The van der Waals surface area contributed by atoms with Gasteiger partial charge in [-0.3, -0.25) is 0 Å². The first-order valence-electron chi connectivity index (χ1n) is 8.79. The lowest BCUT2D eigenvalue weighted by Gasteiger charge is -2.22. The van der Waals surface area contributed by atoms with Crippen molar-refractivity contribution >= 4 is 34.9 Å². The van der Waals surface area contributed by atoms with Gasteiger partial charge >= 0.3 is 6.03 Å². The second kappa shape index (κ2) is 12.4. The number of unbranched alkanes of at least 4 members (excludes halogenated alkanes) is 2. The van der Waals surface area contributed by atoms with Crippen molar-refractivity contribution in [1.82, 2.24) is 10.2 Å². The molecule has 0 aliphatic carbocycles. The number of nitrogens with zero attached hydrogens (tertiary/aromatic N) is 1. The Morgan fingerprint density at radius 1 is 1.04 bits per heavy atom. The van der Waals surface area contributed by atoms with Gasteiger partial charge in [0.1, 0.15) is 0 Å². The Labute approximate surface area is 155 Å². The first-order chi connectivity index (χ1) is 11.6. The third-order valence-electron chi connectivity index (χ3n) is 3.79. The summed E-state index contributed by atoms with van der Waals surface area (Å²) in [6, 6.07) is 4.91. The maximum Gasteiger partial charge on any atom is 0.319 e. The molecule has 0 aromatic heterocycles. The highest BCUT2D eigenvalue weighted by molar-refractivity contribution is 6.43. The molecule has 24 heavy (non-hydrogen) atoms. The van der Waals surface area contributed by atoms with Crippen LogP contribution in [-0.2, 0) is 0 Å². The summed E-state index contributed by atoms with van der Waals surface area (Å²) in [4.78, 5) is 14.4. The van der Waals surface area contributed by atoms with E-state index < -0.39 is 0 Å². The number of carbonyl (C=O) groups is 1. The highest BCUT2D eigenvalue weighted by Crippen LogP contribution is 2.29. The van der Waals surface area contributed by atoms with E-state index in [2.05, 4.69) is 29.4 Å². The van der Waals surface area contributed by atoms with Crippen LogP contribution in [0.2, 0.25) is 10.0 Å². The number of anilines is 1. The summed E-state index contributed by atoms with van der Waals surface area (Å²) in [5, 5.41) is 6.38. The number of rotatable bonds is 11. The molecule has 0 unspecified atom stereocenters. The fraction of sp³-hybridized carbons (Fsp3) is 0.611. The van der Waals surface area contributed by atoms with E-state index in [4.69, 9.17) is 23.2 Å². The Bertz CT molecular complexity index is 489. The van der Waals surface area contributed by atoms with Gasteiger partial charge in [0, 0.05) is 6.54 Å². The lowest BCUT2D eigenvalue weighted by atomic mass is 10.2. The van der Waals surface area contributed by atoms with Crippen molar-refractivity contribution in [2.75, 3.05) is 31.5 Å². The Morgan fingerprint density at radius 3 is 2.29 bits per heavy atom. The number of carbonyl (C=O) groups excluding carboxylic acids is 1. The molecule has 136 valence electrons. The maximum atomic E-state index is 11.9. The number of amides is 2. The highest BCUT2D eigenvalue weighted by atomic mass is 35.5. The molecule has 1 aromatic carbocycles. The Balaban J connectivity index is 2.29. The molecule has 0 fully saturated rings. The van der Waals surface area contributed by atoms with E-state index in [0.717, 1.165) is 26.1 Å². The van der Waals surface area contributed by atoms with Crippen LogP contribution in [0.1, 0.15) is 46.0 Å². The first kappa shape index (κ1) is 21.1. The van der Waals surface area contributed by atoms with E-state index in [1.54, 1.807) is 18.2 Å². The van der Waals surface area contributed by atoms with Gasteiger partial charge in [-0.2, -0.15) is 0 Å². The van der Waals surface area contributed by atoms with Crippen LogP contribution in [0, 0.1) is 0 Å². The molecule has 1 aromatic rings. The summed E-state index contributed by atoms with van der Waals surface area (Å²) < 4.78 is 0. The fourth-order valence-electron chi connectivity index (χ4n) is 2.37. The van der Waals surface area contributed by atoms with Crippen LogP contribution in [0.4, 0.5) is 10.5 Å². The van der Waals surface area contributed by atoms with Crippen LogP contribution in [0.3, 0.4) is 0 Å². The van der Waals surface area contributed by atoms with E-state index >= 15 is 0 Å². The van der Waals surface area contributed by atoms with E-state index in [1.165, 1.54) is 25.7 Å². The van der Waals surface area contributed by atoms with Crippen LogP contribution in [-0.4, -0.2) is 37.1 Å². The maximum absolute atomic E-state index is 11.9. The zero-order valence-corrected chi connectivity index (χ0v) is 16.2. The lowest BCUT2D eigenvalue weighted by Crippen LogP contribution is -2.33. The summed E-state index contributed by atoms with van der Waals surface area (Å²) in [7, 11) is 0. The van der Waals surface area contributed by atoms with Crippen LogP contribution in [0.15, 0.2) is 18.2 Å². The van der Waals surface area contributed by atoms with E-state index in [0.29, 0.717) is 22.3 Å². The van der Waals surface area contributed by atoms with Crippen LogP contribution >= 0.6 is 23.2 Å². The molecular weight excluding hydrogens is 345 g/mol. The van der Waals surface area contributed by atoms with Gasteiger partial charge in [0.2, 0.25) is 0 Å². The Kier molecular flexibility index (Phi) is 10.9. The average molecular weight is 374 g/mol. The average Bonchev–Trinajstić information content (AvgIpc) is 2.57. The summed E-state index contributed by atoms with van der Waals surface area (Å²) in [6.07, 6.45) is 5.81. The van der Waals surface area contributed by atoms with Gasteiger partial charge in [0.25, 0.3) is 0 Å². The molecule has 0 saturated carbocycles. The first-order valence-corrected chi connectivity index (χ1v) is 9.55. The minimum Gasteiger partial charge on any atom is -0.338 e. The van der Waals surface area contributed by atoms with Crippen molar-refractivity contribution in [1.29, 1.82) is 0 Å². The minimum absolute atomic E-state index is 0.257. The molecule has 0 atom stereocenters. The molecule has 4 nitrogen and oxygen atoms in total. The number of hydrogen-bond acceptors (Lipinski definition) is 2. The number of halogens is 2. The van der Waals surface area contributed by atoms with E-state index in [1.807, 2.05) is 0 Å². The molecule has 0 saturated heterocycles. The number of urea groups is 1. The highest BCUT2D eigenvalue weighted by Gasteiger charge is 2.08. The van der Waals surface area contributed by atoms with Crippen molar-refractivity contribution < 1.29 is 4.79 Å². The second-order valence-electron chi connectivity index (χ2n) is 5.88. The van der Waals surface area contributed by atoms with Crippen molar-refractivity contribution in [3.63, 3.8) is 0 Å². The fourth-order valence-corrected chi connectivity index (χ4v) is 2.72. The lowest BCUT2D eigenvalue weighted by molar-refractivity contribution is 0.246. The van der Waals surface area contributed by atoms with Crippen molar-refractivity contribution in [3.8, 4) is 0 Å². The molecule has 0 aliphatic heterocycles. The molecule has 2 N–H and O–H groups in total. The third-order valence-corrected chi connectivity index (χ3v) is 4.61. The number of hydrogen-bond donors (Lipinski definition) is 2. The Hall–Kier alpha value is -0.970. The molecule has 0 aliphatic rings. The summed E-state index contributed by atoms with van der Waals surface area (Å²) in [6.45, 7) is 8.36. The zero-order chi connectivity index (χ0) is 17.8. The standard InChI is InChI=1S/C18H29Cl2N3O/c1-3-5-12-23(13-6-4-2)14-8-11-21-18(24)22-16-10-7-9-15(19)17(16)20/h7,9-10H,3-6,8,11-14H2,1-2H3,(H2,21,22,24). The predicted octanol–water partition coefficient (Wildman–Crippen LogP) is 5.41. The second-order valence-corrected chi connectivity index (χ2v) is 6.67. The summed E-state index contributed by atoms with van der Waals surface area (Å²) in [5.74, 6) is 0. The SMILES string of the molecule is CCCCN(CCCC)CCCNC(=O)Nc1cccc(Cl)c1Cl. The number of nitrogens with one attached hydrogen (secondary N) is 2. The zero-order valence-electron chi connectivity index (χ0n) is 14.7. The quantitative estimate of drug-likeness (QED) is 0.509. The third kappa shape index (κ3) is 8.22. The molecule has 2 amide bonds. The molecule has 0 spiro atoms. The van der Waals surface area contributed by atoms with Gasteiger partial charge in [-0.1, -0.05) is 56.0 Å². The van der Waals surface area contributed by atoms with Gasteiger partial charge in [0.05, 0.1) is 15.7 Å². The van der Waals surface area contributed by atoms with E-state index in [9.17, 15) is 4.79 Å². The monoisotopic (exact) mass is 373 g/mol. The largest absolute Gasteiger partial charge is 0.338 e. The molecule has 6 heteroatoms. The van der Waals surface area contributed by atoms with Crippen LogP contribution < -0.4 is 10.6 Å². The molecule has 0 radical (unpaired) electrons. The smallest absolute Gasteiger partial charge is 0.319 e. The Morgan fingerprint density at radius 2 is 1.67 bits per heavy atom. The molecule has 0 heterocycles. The van der Waals surface area contributed by atoms with Gasteiger partial charge in [0.15, 0.2) is 0 Å². The number of benzene rings is 1.